The number of anilines is 1. The van der Waals surface area contributed by atoms with Gasteiger partial charge in [-0.3, -0.25) is 9.35 Å². The predicted octanol–water partition coefficient (Wildman–Crippen LogP) is 1.24. The van der Waals surface area contributed by atoms with Gasteiger partial charge in [0, 0.05) is 0 Å². The van der Waals surface area contributed by atoms with Crippen LogP contribution in [0.5, 0.6) is 0 Å². The molecule has 10 heteroatoms. The fourth-order valence-corrected chi connectivity index (χ4v) is 2.46. The van der Waals surface area contributed by atoms with Crippen molar-refractivity contribution < 1.29 is 27.3 Å². The van der Waals surface area contributed by atoms with E-state index in [1.54, 1.807) is 6.92 Å². The second-order valence-corrected chi connectivity index (χ2v) is 6.07. The molecule has 1 aliphatic rings. The summed E-state index contributed by atoms with van der Waals surface area (Å²) in [6.45, 7) is 1.74. The maximum absolute atomic E-state index is 11.9. The van der Waals surface area contributed by atoms with E-state index in [1.807, 2.05) is 0 Å². The largest absolute Gasteiger partial charge is 0.461 e. The van der Waals surface area contributed by atoms with E-state index >= 15 is 0 Å². The second kappa shape index (κ2) is 6.03. The zero-order valence-corrected chi connectivity index (χ0v) is 12.9. The first kappa shape index (κ1) is 16.4. The maximum atomic E-state index is 11.9. The molecule has 1 aromatic carbocycles. The molecule has 1 heterocycles. The van der Waals surface area contributed by atoms with E-state index in [2.05, 4.69) is 5.10 Å². The fraction of sp³-hybridized carbons (Fsp3) is 0.250. The Morgan fingerprint density at radius 3 is 2.77 bits per heavy atom. The van der Waals surface area contributed by atoms with Crippen molar-refractivity contribution in [3.8, 4) is 0 Å². The van der Waals surface area contributed by atoms with E-state index in [-0.39, 0.29) is 29.4 Å². The van der Waals surface area contributed by atoms with Gasteiger partial charge in [0.15, 0.2) is 5.71 Å². The predicted molar refractivity (Wildman–Crippen MR) is 77.4 cm³/mol. The summed E-state index contributed by atoms with van der Waals surface area (Å²) in [6, 6.07) is 3.27. The highest BCUT2D eigenvalue weighted by molar-refractivity contribution is 7.85. The Labute approximate surface area is 131 Å². The fourth-order valence-electron chi connectivity index (χ4n) is 1.76. The average molecular weight is 347 g/mol. The van der Waals surface area contributed by atoms with E-state index in [4.69, 9.17) is 20.9 Å². The van der Waals surface area contributed by atoms with Crippen LogP contribution in [0.3, 0.4) is 0 Å². The molecule has 8 nitrogen and oxygen atoms in total. The van der Waals surface area contributed by atoms with E-state index in [0.29, 0.717) is 0 Å². The van der Waals surface area contributed by atoms with Crippen molar-refractivity contribution in [2.24, 2.45) is 5.10 Å². The van der Waals surface area contributed by atoms with Gasteiger partial charge in [-0.2, -0.15) is 18.5 Å². The lowest BCUT2D eigenvalue weighted by Gasteiger charge is -2.14. The highest BCUT2D eigenvalue weighted by Gasteiger charge is 2.32. The number of ether oxygens (including phenoxy) is 1. The normalized spacial score (nSPS) is 15.0. The molecule has 1 N–H and O–H groups in total. The van der Waals surface area contributed by atoms with Gasteiger partial charge in [-0.25, -0.2) is 4.79 Å². The molecule has 0 spiro atoms. The monoisotopic (exact) mass is 346 g/mol. The van der Waals surface area contributed by atoms with Crippen LogP contribution in [0.25, 0.3) is 0 Å². The van der Waals surface area contributed by atoms with Crippen LogP contribution < -0.4 is 5.01 Å². The third kappa shape index (κ3) is 3.26. The van der Waals surface area contributed by atoms with Crippen LogP contribution in [-0.2, 0) is 24.4 Å². The van der Waals surface area contributed by atoms with Crippen molar-refractivity contribution in [3.63, 3.8) is 0 Å². The Balaban J connectivity index is 2.43. The van der Waals surface area contributed by atoms with E-state index in [0.717, 1.165) is 17.1 Å². The third-order valence-electron chi connectivity index (χ3n) is 2.73. The summed E-state index contributed by atoms with van der Waals surface area (Å²) in [7, 11) is -4.46. The molecule has 1 aromatic rings. The number of hydrogen-bond donors (Lipinski definition) is 1. The smallest absolute Gasteiger partial charge is 0.355 e. The SMILES string of the molecule is CCOC(=O)C1=NN(c2cc(S(=O)(=O)O)ccc2Cl)C(=O)C1. The van der Waals surface area contributed by atoms with Gasteiger partial charge in [-0.15, -0.1) is 0 Å². The first-order valence-electron chi connectivity index (χ1n) is 6.08. The van der Waals surface area contributed by atoms with Crippen LogP contribution in [-0.4, -0.2) is 37.2 Å². The van der Waals surface area contributed by atoms with Crippen LogP contribution in [0.1, 0.15) is 13.3 Å². The van der Waals surface area contributed by atoms with Gasteiger partial charge in [-0.1, -0.05) is 11.6 Å². The number of carbonyl (C=O) groups excluding carboxylic acids is 2. The quantitative estimate of drug-likeness (QED) is 0.648. The molecule has 118 valence electrons. The molecule has 0 saturated carbocycles. The molecule has 0 unspecified atom stereocenters. The van der Waals surface area contributed by atoms with Gasteiger partial charge in [-0.05, 0) is 25.1 Å². The lowest BCUT2D eigenvalue weighted by molar-refractivity contribution is -0.135. The maximum Gasteiger partial charge on any atom is 0.355 e. The molecule has 1 amide bonds. The molecule has 0 aliphatic carbocycles. The number of amides is 1. The van der Waals surface area contributed by atoms with Gasteiger partial charge in [0.25, 0.3) is 16.0 Å². The Morgan fingerprint density at radius 1 is 1.50 bits per heavy atom. The Hall–Kier alpha value is -1.97. The van der Waals surface area contributed by atoms with Crippen LogP contribution in [0, 0.1) is 0 Å². The molecular formula is C12H11ClN2O6S. The average Bonchev–Trinajstić information content (AvgIpc) is 2.80. The van der Waals surface area contributed by atoms with Gasteiger partial charge in [0.2, 0.25) is 0 Å². The van der Waals surface area contributed by atoms with E-state index < -0.39 is 26.9 Å². The minimum atomic E-state index is -4.46. The van der Waals surface area contributed by atoms with Crippen LogP contribution in [0.4, 0.5) is 5.69 Å². The Kier molecular flexibility index (Phi) is 4.50. The molecule has 0 radical (unpaired) electrons. The first-order valence-corrected chi connectivity index (χ1v) is 7.90. The minimum Gasteiger partial charge on any atom is -0.461 e. The lowest BCUT2D eigenvalue weighted by atomic mass is 10.2. The summed E-state index contributed by atoms with van der Waals surface area (Å²) in [5.74, 6) is -1.31. The number of hydrogen-bond acceptors (Lipinski definition) is 6. The number of rotatable bonds is 4. The first-order chi connectivity index (χ1) is 10.2. The highest BCUT2D eigenvalue weighted by Crippen LogP contribution is 2.31. The topological polar surface area (TPSA) is 113 Å². The number of hydrazone groups is 1. The van der Waals surface area contributed by atoms with Gasteiger partial charge < -0.3 is 4.74 Å². The summed E-state index contributed by atoms with van der Waals surface area (Å²) in [6.07, 6.45) is -0.286. The van der Waals surface area contributed by atoms with E-state index in [1.165, 1.54) is 6.07 Å². The number of carbonyl (C=O) groups is 2. The van der Waals surface area contributed by atoms with Crippen molar-refractivity contribution in [3.05, 3.63) is 23.2 Å². The van der Waals surface area contributed by atoms with Crippen molar-refractivity contribution >= 4 is 45.0 Å². The summed E-state index contributed by atoms with van der Waals surface area (Å²) in [5, 5.41) is 4.65. The molecule has 0 saturated heterocycles. The minimum absolute atomic E-state index is 0.0367. The van der Waals surface area contributed by atoms with Gasteiger partial charge in [0.05, 0.1) is 28.6 Å². The van der Waals surface area contributed by atoms with Crippen molar-refractivity contribution in [1.29, 1.82) is 0 Å². The number of benzene rings is 1. The van der Waals surface area contributed by atoms with Crippen LogP contribution in [0.15, 0.2) is 28.2 Å². The zero-order valence-electron chi connectivity index (χ0n) is 11.3. The second-order valence-electron chi connectivity index (χ2n) is 4.24. The molecule has 1 aliphatic heterocycles. The van der Waals surface area contributed by atoms with E-state index in [9.17, 15) is 18.0 Å². The summed E-state index contributed by atoms with van der Waals surface area (Å²) < 4.78 is 36.1. The Bertz CT molecular complexity index is 774. The molecule has 0 fully saturated rings. The third-order valence-corrected chi connectivity index (χ3v) is 3.90. The van der Waals surface area contributed by atoms with Crippen molar-refractivity contribution in [2.75, 3.05) is 11.6 Å². The summed E-state index contributed by atoms with van der Waals surface area (Å²) in [4.78, 5) is 23.1. The zero-order chi connectivity index (χ0) is 16.5. The Morgan fingerprint density at radius 2 is 2.18 bits per heavy atom. The van der Waals surface area contributed by atoms with Crippen molar-refractivity contribution in [1.82, 2.24) is 0 Å². The molecule has 2 rings (SSSR count). The number of nitrogens with zero attached hydrogens (tertiary/aromatic N) is 2. The summed E-state index contributed by atoms with van der Waals surface area (Å²) in [5.41, 5.74) is -0.165. The number of esters is 1. The molecular weight excluding hydrogens is 336 g/mol. The van der Waals surface area contributed by atoms with Crippen LogP contribution in [0.2, 0.25) is 5.02 Å². The van der Waals surface area contributed by atoms with Crippen LogP contribution >= 0.6 is 11.6 Å². The molecule has 0 bridgehead atoms. The summed E-state index contributed by atoms with van der Waals surface area (Å²) >= 11 is 5.92. The lowest BCUT2D eigenvalue weighted by Crippen LogP contribution is -2.20. The number of halogens is 1. The molecule has 0 aromatic heterocycles. The standard InChI is InChI=1S/C12H11ClN2O6S/c1-2-21-12(17)9-6-11(16)15(14-9)10-5-7(22(18,19)20)3-4-8(10)13/h3-5H,2,6H2,1H3,(H,18,19,20). The van der Waals surface area contributed by atoms with Gasteiger partial charge in [0.1, 0.15) is 0 Å². The van der Waals surface area contributed by atoms with Crippen molar-refractivity contribution in [2.45, 2.75) is 18.2 Å². The highest BCUT2D eigenvalue weighted by atomic mass is 35.5. The van der Waals surface area contributed by atoms with Gasteiger partial charge >= 0.3 is 5.97 Å². The molecule has 22 heavy (non-hydrogen) atoms. The molecule has 0 atom stereocenters.